The van der Waals surface area contributed by atoms with Gasteiger partial charge in [0.25, 0.3) is 0 Å². The van der Waals surface area contributed by atoms with Crippen molar-refractivity contribution in [3.05, 3.63) is 64.2 Å². The predicted molar refractivity (Wildman–Crippen MR) is 79.7 cm³/mol. The largest absolute Gasteiger partial charge is 0.326 e. The minimum Gasteiger partial charge on any atom is -0.326 e. The topological polar surface area (TPSA) is 26.0 Å². The molecule has 106 valence electrons. The van der Waals surface area contributed by atoms with Crippen LogP contribution >= 0.6 is 11.8 Å². The Balaban J connectivity index is 2.18. The highest BCUT2D eigenvalue weighted by Crippen LogP contribution is 2.29. The second kappa shape index (κ2) is 6.37. The van der Waals surface area contributed by atoms with Gasteiger partial charge in [-0.1, -0.05) is 29.3 Å². The first-order valence-corrected chi connectivity index (χ1v) is 7.36. The van der Waals surface area contributed by atoms with E-state index in [0.29, 0.717) is 11.3 Å². The van der Waals surface area contributed by atoms with E-state index in [9.17, 15) is 8.78 Å². The molecule has 2 rings (SSSR count). The molecule has 2 N–H and O–H groups in total. The van der Waals surface area contributed by atoms with E-state index in [1.807, 2.05) is 26.0 Å². The molecule has 0 saturated heterocycles. The zero-order chi connectivity index (χ0) is 14.7. The molecule has 1 nitrogen and oxygen atoms in total. The van der Waals surface area contributed by atoms with Crippen LogP contribution in [0.3, 0.4) is 0 Å². The molecule has 0 atom stereocenters. The predicted octanol–water partition coefficient (Wildman–Crippen LogP) is 4.33. The van der Waals surface area contributed by atoms with Crippen molar-refractivity contribution in [2.24, 2.45) is 5.73 Å². The Hall–Kier alpha value is -1.39. The summed E-state index contributed by atoms with van der Waals surface area (Å²) in [6.07, 6.45) is 0. The fraction of sp³-hybridized carbons (Fsp3) is 0.250. The van der Waals surface area contributed by atoms with Crippen LogP contribution in [0.15, 0.2) is 35.2 Å². The third-order valence-corrected chi connectivity index (χ3v) is 4.11. The number of aryl methyl sites for hydroxylation is 2. The van der Waals surface area contributed by atoms with Gasteiger partial charge in [0, 0.05) is 12.3 Å². The van der Waals surface area contributed by atoms with Crippen LogP contribution in [0, 0.1) is 25.5 Å². The van der Waals surface area contributed by atoms with Crippen molar-refractivity contribution in [1.29, 1.82) is 0 Å². The van der Waals surface area contributed by atoms with Crippen molar-refractivity contribution in [3.63, 3.8) is 0 Å². The summed E-state index contributed by atoms with van der Waals surface area (Å²) in [6.45, 7) is 4.16. The Bertz CT molecular complexity index is 583. The molecule has 0 unspecified atom stereocenters. The summed E-state index contributed by atoms with van der Waals surface area (Å²) >= 11 is 1.17. The van der Waals surface area contributed by atoms with Crippen molar-refractivity contribution in [2.75, 3.05) is 0 Å². The number of rotatable bonds is 4. The molecule has 2 aromatic carbocycles. The first-order valence-electron chi connectivity index (χ1n) is 6.37. The standard InChI is InChI=1S/C16H17F2NS/c1-10-3-11(2)5-13(4-10)9-20-16-14(17)6-12(8-19)7-15(16)18/h3-7H,8-9,19H2,1-2H3. The molecule has 0 saturated carbocycles. The molecule has 0 bridgehead atoms. The molecule has 0 spiro atoms. The summed E-state index contributed by atoms with van der Waals surface area (Å²) in [5.74, 6) is -0.544. The molecule has 0 aromatic heterocycles. The first kappa shape index (κ1) is 15.0. The van der Waals surface area contributed by atoms with Crippen molar-refractivity contribution in [2.45, 2.75) is 31.0 Å². The van der Waals surface area contributed by atoms with Crippen LogP contribution < -0.4 is 5.73 Å². The van der Waals surface area contributed by atoms with E-state index in [1.165, 1.54) is 23.9 Å². The number of nitrogens with two attached hydrogens (primary N) is 1. The minimum atomic E-state index is -0.542. The second-order valence-electron chi connectivity index (χ2n) is 4.88. The minimum absolute atomic E-state index is 0.0568. The number of hydrogen-bond donors (Lipinski definition) is 1. The number of hydrogen-bond acceptors (Lipinski definition) is 2. The van der Waals surface area contributed by atoms with Gasteiger partial charge in [0.1, 0.15) is 11.6 Å². The van der Waals surface area contributed by atoms with Crippen LogP contribution in [0.5, 0.6) is 0 Å². The lowest BCUT2D eigenvalue weighted by Gasteiger charge is -2.08. The van der Waals surface area contributed by atoms with Gasteiger partial charge in [0.2, 0.25) is 0 Å². The molecule has 0 aliphatic rings. The highest BCUT2D eigenvalue weighted by Gasteiger charge is 2.11. The van der Waals surface area contributed by atoms with E-state index in [-0.39, 0.29) is 11.4 Å². The van der Waals surface area contributed by atoms with Gasteiger partial charge in [-0.15, -0.1) is 11.8 Å². The van der Waals surface area contributed by atoms with Crippen LogP contribution in [0.25, 0.3) is 0 Å². The van der Waals surface area contributed by atoms with E-state index in [0.717, 1.165) is 16.7 Å². The zero-order valence-electron chi connectivity index (χ0n) is 11.5. The Kier molecular flexibility index (Phi) is 4.78. The van der Waals surface area contributed by atoms with Gasteiger partial charge in [-0.25, -0.2) is 8.78 Å². The van der Waals surface area contributed by atoms with Crippen molar-refractivity contribution in [1.82, 2.24) is 0 Å². The molecule has 0 heterocycles. The van der Waals surface area contributed by atoms with E-state index in [2.05, 4.69) is 6.07 Å². The summed E-state index contributed by atoms with van der Waals surface area (Å²) in [4.78, 5) is 0.0568. The van der Waals surface area contributed by atoms with E-state index >= 15 is 0 Å². The van der Waals surface area contributed by atoms with Gasteiger partial charge in [-0.05, 0) is 37.1 Å². The molecule has 4 heteroatoms. The summed E-state index contributed by atoms with van der Waals surface area (Å²) in [6, 6.07) is 8.74. The van der Waals surface area contributed by atoms with Crippen molar-refractivity contribution in [3.8, 4) is 0 Å². The summed E-state index contributed by atoms with van der Waals surface area (Å²) in [7, 11) is 0. The first-order chi connectivity index (χ1) is 9.49. The Morgan fingerprint density at radius 1 is 0.900 bits per heavy atom. The lowest BCUT2D eigenvalue weighted by molar-refractivity contribution is 0.537. The fourth-order valence-corrected chi connectivity index (χ4v) is 3.05. The molecule has 20 heavy (non-hydrogen) atoms. The SMILES string of the molecule is Cc1cc(C)cc(CSc2c(F)cc(CN)cc2F)c1. The van der Waals surface area contributed by atoms with Crippen LogP contribution in [-0.4, -0.2) is 0 Å². The quantitative estimate of drug-likeness (QED) is 0.849. The van der Waals surface area contributed by atoms with Gasteiger partial charge in [0.15, 0.2) is 0 Å². The Morgan fingerprint density at radius 2 is 1.45 bits per heavy atom. The molecule has 0 aliphatic carbocycles. The molecule has 0 fully saturated rings. The second-order valence-corrected chi connectivity index (χ2v) is 5.86. The summed E-state index contributed by atoms with van der Waals surface area (Å²) in [5.41, 5.74) is 9.23. The third kappa shape index (κ3) is 3.58. The number of halogens is 2. The van der Waals surface area contributed by atoms with Crippen molar-refractivity contribution < 1.29 is 8.78 Å². The van der Waals surface area contributed by atoms with Gasteiger partial charge in [-0.3, -0.25) is 0 Å². The van der Waals surface area contributed by atoms with E-state index in [4.69, 9.17) is 5.73 Å². The lowest BCUT2D eigenvalue weighted by Crippen LogP contribution is -1.99. The fourth-order valence-electron chi connectivity index (χ4n) is 2.18. The highest BCUT2D eigenvalue weighted by atomic mass is 32.2. The van der Waals surface area contributed by atoms with Crippen molar-refractivity contribution >= 4 is 11.8 Å². The maximum absolute atomic E-state index is 13.8. The smallest absolute Gasteiger partial charge is 0.140 e. The van der Waals surface area contributed by atoms with Gasteiger partial charge in [-0.2, -0.15) is 0 Å². The van der Waals surface area contributed by atoms with Crippen LogP contribution in [0.2, 0.25) is 0 Å². The molecular weight excluding hydrogens is 276 g/mol. The van der Waals surface area contributed by atoms with E-state index in [1.54, 1.807) is 0 Å². The maximum atomic E-state index is 13.8. The van der Waals surface area contributed by atoms with E-state index < -0.39 is 11.6 Å². The van der Waals surface area contributed by atoms with Gasteiger partial charge < -0.3 is 5.73 Å². The molecule has 0 radical (unpaired) electrons. The molecular formula is C16H17F2NS. The Labute approximate surface area is 122 Å². The lowest BCUT2D eigenvalue weighted by atomic mass is 10.1. The highest BCUT2D eigenvalue weighted by molar-refractivity contribution is 7.98. The summed E-state index contributed by atoms with van der Waals surface area (Å²) in [5, 5.41) is 0. The van der Waals surface area contributed by atoms with Crippen LogP contribution in [-0.2, 0) is 12.3 Å². The van der Waals surface area contributed by atoms with Gasteiger partial charge in [0.05, 0.1) is 4.90 Å². The monoisotopic (exact) mass is 293 g/mol. The molecule has 0 amide bonds. The third-order valence-electron chi connectivity index (χ3n) is 2.96. The molecule has 2 aromatic rings. The Morgan fingerprint density at radius 3 is 1.95 bits per heavy atom. The summed E-state index contributed by atoms with van der Waals surface area (Å²) < 4.78 is 27.7. The maximum Gasteiger partial charge on any atom is 0.140 e. The van der Waals surface area contributed by atoms with Crippen LogP contribution in [0.1, 0.15) is 22.3 Å². The molecule has 0 aliphatic heterocycles. The average Bonchev–Trinajstić information content (AvgIpc) is 2.36. The normalized spacial score (nSPS) is 10.8. The number of benzene rings is 2. The van der Waals surface area contributed by atoms with Gasteiger partial charge >= 0.3 is 0 Å². The van der Waals surface area contributed by atoms with Crippen LogP contribution in [0.4, 0.5) is 8.78 Å². The average molecular weight is 293 g/mol. The zero-order valence-corrected chi connectivity index (χ0v) is 12.4. The number of thioether (sulfide) groups is 1.